The lowest BCUT2D eigenvalue weighted by Crippen LogP contribution is -2.12. The molecule has 15 heavy (non-hydrogen) atoms. The lowest BCUT2D eigenvalue weighted by atomic mass is 9.95. The summed E-state index contributed by atoms with van der Waals surface area (Å²) in [5.41, 5.74) is 8.73. The van der Waals surface area contributed by atoms with E-state index in [1.807, 2.05) is 0 Å². The monoisotopic (exact) mass is 269 g/mol. The van der Waals surface area contributed by atoms with Gasteiger partial charge >= 0.3 is 0 Å². The Morgan fingerprint density at radius 3 is 2.53 bits per heavy atom. The predicted molar refractivity (Wildman–Crippen MR) is 69.9 cm³/mol. The van der Waals surface area contributed by atoms with E-state index in [4.69, 9.17) is 5.73 Å². The minimum absolute atomic E-state index is 0.171. The molecule has 0 heterocycles. The molecule has 2 N–H and O–H groups in total. The molecule has 0 aromatic heterocycles. The third-order valence-electron chi connectivity index (χ3n) is 2.76. The molecule has 0 aliphatic carbocycles. The first kappa shape index (κ1) is 12.7. The number of halogens is 1. The van der Waals surface area contributed by atoms with Gasteiger partial charge in [0.25, 0.3) is 0 Å². The van der Waals surface area contributed by atoms with Crippen molar-refractivity contribution < 1.29 is 0 Å². The highest BCUT2D eigenvalue weighted by atomic mass is 79.9. The molecule has 1 atom stereocenters. The number of hydrogen-bond acceptors (Lipinski definition) is 1. The van der Waals surface area contributed by atoms with Gasteiger partial charge in [-0.1, -0.05) is 41.9 Å². The van der Waals surface area contributed by atoms with E-state index in [2.05, 4.69) is 54.9 Å². The molecule has 0 fully saturated rings. The minimum Gasteiger partial charge on any atom is -0.324 e. The van der Waals surface area contributed by atoms with Crippen molar-refractivity contribution in [3.05, 3.63) is 33.8 Å². The Morgan fingerprint density at radius 2 is 1.93 bits per heavy atom. The number of benzene rings is 1. The molecule has 0 amide bonds. The minimum atomic E-state index is 0.171. The van der Waals surface area contributed by atoms with E-state index in [1.165, 1.54) is 17.5 Å². The third-order valence-corrected chi connectivity index (χ3v) is 3.62. The topological polar surface area (TPSA) is 26.0 Å². The second kappa shape index (κ2) is 5.66. The Morgan fingerprint density at radius 1 is 1.27 bits per heavy atom. The van der Waals surface area contributed by atoms with Gasteiger partial charge in [0.1, 0.15) is 0 Å². The molecule has 2 heteroatoms. The maximum absolute atomic E-state index is 6.19. The van der Waals surface area contributed by atoms with Crippen molar-refractivity contribution in [1.29, 1.82) is 0 Å². The summed E-state index contributed by atoms with van der Waals surface area (Å²) in [7, 11) is 0. The van der Waals surface area contributed by atoms with Gasteiger partial charge in [-0.05, 0) is 42.9 Å². The summed E-state index contributed by atoms with van der Waals surface area (Å²) in [4.78, 5) is 0. The Hall–Kier alpha value is -0.340. The van der Waals surface area contributed by atoms with E-state index in [1.54, 1.807) is 0 Å². The van der Waals surface area contributed by atoms with Gasteiger partial charge in [-0.25, -0.2) is 0 Å². The first-order valence-electron chi connectivity index (χ1n) is 5.53. The molecule has 1 unspecified atom stereocenters. The highest BCUT2D eigenvalue weighted by Gasteiger charge is 2.10. The SMILES string of the molecule is Cc1c(Br)cccc1C(N)CCC(C)C. The van der Waals surface area contributed by atoms with E-state index < -0.39 is 0 Å². The van der Waals surface area contributed by atoms with Crippen LogP contribution in [0.3, 0.4) is 0 Å². The Balaban J connectivity index is 2.73. The molecular formula is C13H20BrN. The quantitative estimate of drug-likeness (QED) is 0.872. The fourth-order valence-corrected chi connectivity index (χ4v) is 2.08. The maximum Gasteiger partial charge on any atom is 0.0297 e. The fraction of sp³-hybridized carbons (Fsp3) is 0.538. The molecule has 0 spiro atoms. The van der Waals surface area contributed by atoms with Crippen molar-refractivity contribution in [2.75, 3.05) is 0 Å². The molecule has 0 bridgehead atoms. The second-order valence-electron chi connectivity index (χ2n) is 4.53. The van der Waals surface area contributed by atoms with E-state index in [0.29, 0.717) is 0 Å². The van der Waals surface area contributed by atoms with Crippen LogP contribution in [0.4, 0.5) is 0 Å². The van der Waals surface area contributed by atoms with Gasteiger partial charge in [-0.15, -0.1) is 0 Å². The van der Waals surface area contributed by atoms with Crippen LogP contribution < -0.4 is 5.73 Å². The smallest absolute Gasteiger partial charge is 0.0297 e. The van der Waals surface area contributed by atoms with Crippen LogP contribution in [-0.2, 0) is 0 Å². The van der Waals surface area contributed by atoms with Crippen LogP contribution in [0.2, 0.25) is 0 Å². The van der Waals surface area contributed by atoms with Crippen LogP contribution in [-0.4, -0.2) is 0 Å². The van der Waals surface area contributed by atoms with Crippen molar-refractivity contribution in [3.63, 3.8) is 0 Å². The molecule has 0 radical (unpaired) electrons. The van der Waals surface area contributed by atoms with Crippen LogP contribution in [0.15, 0.2) is 22.7 Å². The van der Waals surface area contributed by atoms with Gasteiger partial charge < -0.3 is 5.73 Å². The summed E-state index contributed by atoms with van der Waals surface area (Å²) in [5.74, 6) is 0.725. The number of rotatable bonds is 4. The number of hydrogen-bond donors (Lipinski definition) is 1. The molecule has 84 valence electrons. The van der Waals surface area contributed by atoms with Gasteiger partial charge in [-0.3, -0.25) is 0 Å². The average molecular weight is 270 g/mol. The summed E-state index contributed by atoms with van der Waals surface area (Å²) in [5, 5.41) is 0. The molecule has 0 saturated carbocycles. The normalized spacial score (nSPS) is 13.2. The first-order valence-corrected chi connectivity index (χ1v) is 6.32. The van der Waals surface area contributed by atoms with Crippen molar-refractivity contribution in [2.24, 2.45) is 11.7 Å². The zero-order chi connectivity index (χ0) is 11.4. The summed E-state index contributed by atoms with van der Waals surface area (Å²) in [6.07, 6.45) is 2.25. The van der Waals surface area contributed by atoms with Crippen molar-refractivity contribution in [1.82, 2.24) is 0 Å². The summed E-state index contributed by atoms with van der Waals surface area (Å²) in [6.45, 7) is 6.59. The highest BCUT2D eigenvalue weighted by Crippen LogP contribution is 2.26. The van der Waals surface area contributed by atoms with Crippen molar-refractivity contribution in [3.8, 4) is 0 Å². The standard InChI is InChI=1S/C13H20BrN/c1-9(2)7-8-13(15)11-5-4-6-12(14)10(11)3/h4-6,9,13H,7-8,15H2,1-3H3. The summed E-state index contributed by atoms with van der Waals surface area (Å²) in [6, 6.07) is 6.42. The predicted octanol–water partition coefficient (Wildman–Crippen LogP) is 4.19. The van der Waals surface area contributed by atoms with Crippen molar-refractivity contribution in [2.45, 2.75) is 39.7 Å². The van der Waals surface area contributed by atoms with Crippen LogP contribution in [0.25, 0.3) is 0 Å². The van der Waals surface area contributed by atoms with E-state index in [9.17, 15) is 0 Å². The summed E-state index contributed by atoms with van der Waals surface area (Å²) >= 11 is 3.54. The lowest BCUT2D eigenvalue weighted by Gasteiger charge is -2.16. The zero-order valence-electron chi connectivity index (χ0n) is 9.76. The molecular weight excluding hydrogens is 250 g/mol. The molecule has 0 saturated heterocycles. The summed E-state index contributed by atoms with van der Waals surface area (Å²) < 4.78 is 1.15. The molecule has 1 aromatic rings. The Labute approximate surface area is 101 Å². The largest absolute Gasteiger partial charge is 0.324 e. The lowest BCUT2D eigenvalue weighted by molar-refractivity contribution is 0.506. The van der Waals surface area contributed by atoms with E-state index in [0.717, 1.165) is 16.8 Å². The Kier molecular flexibility index (Phi) is 4.81. The maximum atomic E-state index is 6.19. The average Bonchev–Trinajstić information content (AvgIpc) is 2.18. The van der Waals surface area contributed by atoms with Crippen LogP contribution in [0.1, 0.15) is 43.9 Å². The van der Waals surface area contributed by atoms with Gasteiger partial charge in [0.2, 0.25) is 0 Å². The number of nitrogens with two attached hydrogens (primary N) is 1. The molecule has 1 nitrogen and oxygen atoms in total. The van der Waals surface area contributed by atoms with Gasteiger partial charge in [0.05, 0.1) is 0 Å². The molecule has 0 aliphatic rings. The highest BCUT2D eigenvalue weighted by molar-refractivity contribution is 9.10. The van der Waals surface area contributed by atoms with Crippen LogP contribution >= 0.6 is 15.9 Å². The molecule has 0 aliphatic heterocycles. The van der Waals surface area contributed by atoms with Crippen LogP contribution in [0, 0.1) is 12.8 Å². The second-order valence-corrected chi connectivity index (χ2v) is 5.39. The third kappa shape index (κ3) is 3.62. The van der Waals surface area contributed by atoms with Crippen LogP contribution in [0.5, 0.6) is 0 Å². The Bertz CT molecular complexity index is 320. The van der Waals surface area contributed by atoms with E-state index >= 15 is 0 Å². The first-order chi connectivity index (χ1) is 7.02. The van der Waals surface area contributed by atoms with Gasteiger partial charge in [-0.2, -0.15) is 0 Å². The fourth-order valence-electron chi connectivity index (χ4n) is 1.69. The van der Waals surface area contributed by atoms with Gasteiger partial charge in [0.15, 0.2) is 0 Å². The van der Waals surface area contributed by atoms with E-state index in [-0.39, 0.29) is 6.04 Å². The molecule has 1 aromatic carbocycles. The van der Waals surface area contributed by atoms with Gasteiger partial charge in [0, 0.05) is 10.5 Å². The van der Waals surface area contributed by atoms with Crippen molar-refractivity contribution >= 4 is 15.9 Å². The zero-order valence-corrected chi connectivity index (χ0v) is 11.3. The molecule has 1 rings (SSSR count).